The van der Waals surface area contributed by atoms with Crippen molar-refractivity contribution in [3.8, 4) is 0 Å². The summed E-state index contributed by atoms with van der Waals surface area (Å²) in [6.07, 6.45) is -5.01. The van der Waals surface area contributed by atoms with Crippen LogP contribution in [0.25, 0.3) is 0 Å². The van der Waals surface area contributed by atoms with Gasteiger partial charge in [0, 0.05) is 0 Å². The molecule has 0 amide bonds. The van der Waals surface area contributed by atoms with Crippen molar-refractivity contribution in [1.82, 2.24) is 0 Å². The molecule has 0 aromatic heterocycles. The fraction of sp³-hybridized carbons (Fsp3) is 0.417. The predicted molar refractivity (Wildman–Crippen MR) is 56.7 cm³/mol. The zero-order valence-corrected chi connectivity index (χ0v) is 9.76. The van der Waals surface area contributed by atoms with E-state index in [1.165, 1.54) is 13.0 Å². The SMILES string of the molecule is Cc1ccc(C(=O)OC(C)C)c(C(F)(F)F)c1. The summed E-state index contributed by atoms with van der Waals surface area (Å²) >= 11 is 0. The van der Waals surface area contributed by atoms with Gasteiger partial charge < -0.3 is 4.74 Å². The van der Waals surface area contributed by atoms with Gasteiger partial charge in [0.1, 0.15) is 0 Å². The molecule has 1 rings (SSSR count). The van der Waals surface area contributed by atoms with Crippen molar-refractivity contribution in [3.05, 3.63) is 34.9 Å². The minimum atomic E-state index is -4.56. The molecule has 0 saturated carbocycles. The highest BCUT2D eigenvalue weighted by Crippen LogP contribution is 2.33. The Kier molecular flexibility index (Phi) is 3.80. The monoisotopic (exact) mass is 246 g/mol. The van der Waals surface area contributed by atoms with Crippen LogP contribution in [-0.4, -0.2) is 12.1 Å². The van der Waals surface area contributed by atoms with Crippen molar-refractivity contribution in [2.45, 2.75) is 33.1 Å². The number of hydrogen-bond acceptors (Lipinski definition) is 2. The molecule has 0 aliphatic carbocycles. The highest BCUT2D eigenvalue weighted by molar-refractivity contribution is 5.91. The Bertz CT molecular complexity index is 422. The van der Waals surface area contributed by atoms with Gasteiger partial charge in [-0.05, 0) is 32.9 Å². The maximum atomic E-state index is 12.7. The van der Waals surface area contributed by atoms with Crippen molar-refractivity contribution < 1.29 is 22.7 Å². The Morgan fingerprint density at radius 1 is 1.29 bits per heavy atom. The lowest BCUT2D eigenvalue weighted by Crippen LogP contribution is -2.18. The molecule has 0 fully saturated rings. The first-order chi connectivity index (χ1) is 7.71. The molecule has 0 heterocycles. The van der Waals surface area contributed by atoms with E-state index in [0.29, 0.717) is 5.56 Å². The first kappa shape index (κ1) is 13.5. The topological polar surface area (TPSA) is 26.3 Å². The second-order valence-corrected chi connectivity index (χ2v) is 4.00. The predicted octanol–water partition coefficient (Wildman–Crippen LogP) is 3.58. The smallest absolute Gasteiger partial charge is 0.417 e. The van der Waals surface area contributed by atoms with Crippen LogP contribution in [0, 0.1) is 6.92 Å². The van der Waals surface area contributed by atoms with Crippen molar-refractivity contribution >= 4 is 5.97 Å². The number of carbonyl (C=O) groups is 1. The summed E-state index contributed by atoms with van der Waals surface area (Å²) < 4.78 is 42.9. The molecule has 0 radical (unpaired) electrons. The van der Waals surface area contributed by atoms with E-state index in [1.54, 1.807) is 13.8 Å². The van der Waals surface area contributed by atoms with Crippen molar-refractivity contribution in [2.24, 2.45) is 0 Å². The summed E-state index contributed by atoms with van der Waals surface area (Å²) in [7, 11) is 0. The molecule has 5 heteroatoms. The highest BCUT2D eigenvalue weighted by atomic mass is 19.4. The second kappa shape index (κ2) is 4.77. The highest BCUT2D eigenvalue weighted by Gasteiger charge is 2.35. The summed E-state index contributed by atoms with van der Waals surface area (Å²) in [5, 5.41) is 0. The van der Waals surface area contributed by atoms with Crippen molar-refractivity contribution in [1.29, 1.82) is 0 Å². The van der Waals surface area contributed by atoms with Crippen molar-refractivity contribution in [3.63, 3.8) is 0 Å². The van der Waals surface area contributed by atoms with Crippen LogP contribution in [0.5, 0.6) is 0 Å². The number of hydrogen-bond donors (Lipinski definition) is 0. The lowest BCUT2D eigenvalue weighted by molar-refractivity contribution is -0.138. The van der Waals surface area contributed by atoms with Gasteiger partial charge >= 0.3 is 12.1 Å². The minimum absolute atomic E-state index is 0.443. The summed E-state index contributed by atoms with van der Waals surface area (Å²) in [5.41, 5.74) is -0.960. The molecular weight excluding hydrogens is 233 g/mol. The number of halogens is 3. The summed E-state index contributed by atoms with van der Waals surface area (Å²) in [4.78, 5) is 11.5. The second-order valence-electron chi connectivity index (χ2n) is 4.00. The summed E-state index contributed by atoms with van der Waals surface area (Å²) in [6, 6.07) is 3.53. The van der Waals surface area contributed by atoms with E-state index >= 15 is 0 Å². The van der Waals surface area contributed by atoms with Gasteiger partial charge in [-0.3, -0.25) is 0 Å². The molecular formula is C12H13F3O2. The summed E-state index contributed by atoms with van der Waals surface area (Å²) in [5.74, 6) is -0.952. The lowest BCUT2D eigenvalue weighted by atomic mass is 10.0. The molecule has 1 aromatic carbocycles. The van der Waals surface area contributed by atoms with Gasteiger partial charge in [-0.1, -0.05) is 11.6 Å². The van der Waals surface area contributed by atoms with Gasteiger partial charge in [0.25, 0.3) is 0 Å². The Morgan fingerprint density at radius 2 is 1.88 bits per heavy atom. The fourth-order valence-corrected chi connectivity index (χ4v) is 1.35. The van der Waals surface area contributed by atoms with Gasteiger partial charge in [-0.2, -0.15) is 13.2 Å². The van der Waals surface area contributed by atoms with Crippen molar-refractivity contribution in [2.75, 3.05) is 0 Å². The van der Waals surface area contributed by atoms with Crippen LogP contribution in [-0.2, 0) is 10.9 Å². The van der Waals surface area contributed by atoms with Gasteiger partial charge in [-0.15, -0.1) is 0 Å². The molecule has 94 valence electrons. The Morgan fingerprint density at radius 3 is 2.35 bits per heavy atom. The van der Waals surface area contributed by atoms with Gasteiger partial charge in [0.15, 0.2) is 0 Å². The van der Waals surface area contributed by atoms with Crippen LogP contribution >= 0.6 is 0 Å². The average molecular weight is 246 g/mol. The normalized spacial score (nSPS) is 11.7. The molecule has 0 spiro atoms. The van der Waals surface area contributed by atoms with Crippen LogP contribution in [0.15, 0.2) is 18.2 Å². The zero-order chi connectivity index (χ0) is 13.2. The van der Waals surface area contributed by atoms with E-state index in [4.69, 9.17) is 4.74 Å². The van der Waals surface area contributed by atoms with E-state index in [-0.39, 0.29) is 0 Å². The Labute approximate surface area is 97.4 Å². The summed E-state index contributed by atoms with van der Waals surface area (Å²) in [6.45, 7) is 4.70. The molecule has 0 aliphatic heterocycles. The van der Waals surface area contributed by atoms with Crippen LogP contribution in [0.2, 0.25) is 0 Å². The maximum absolute atomic E-state index is 12.7. The first-order valence-corrected chi connectivity index (χ1v) is 5.10. The number of carbonyl (C=O) groups excluding carboxylic acids is 1. The molecule has 2 nitrogen and oxygen atoms in total. The minimum Gasteiger partial charge on any atom is -0.459 e. The van der Waals surface area contributed by atoms with E-state index in [9.17, 15) is 18.0 Å². The number of esters is 1. The molecule has 0 atom stereocenters. The molecule has 0 bridgehead atoms. The molecule has 17 heavy (non-hydrogen) atoms. The number of alkyl halides is 3. The lowest BCUT2D eigenvalue weighted by Gasteiger charge is -2.14. The standard InChI is InChI=1S/C12H13F3O2/c1-7(2)17-11(16)9-5-4-8(3)6-10(9)12(13,14)15/h4-7H,1-3H3. The third-order valence-electron chi connectivity index (χ3n) is 2.04. The van der Waals surface area contributed by atoms with Crippen LogP contribution in [0.3, 0.4) is 0 Å². The van der Waals surface area contributed by atoms with Crippen LogP contribution in [0.1, 0.15) is 35.3 Å². The Hall–Kier alpha value is -1.52. The molecule has 0 N–H and O–H groups in total. The quantitative estimate of drug-likeness (QED) is 0.745. The average Bonchev–Trinajstić information content (AvgIpc) is 2.14. The largest absolute Gasteiger partial charge is 0.459 e. The van der Waals surface area contributed by atoms with Crippen LogP contribution in [0.4, 0.5) is 13.2 Å². The number of ether oxygens (including phenoxy) is 1. The molecule has 0 saturated heterocycles. The third-order valence-corrected chi connectivity index (χ3v) is 2.04. The number of rotatable bonds is 2. The molecule has 0 aliphatic rings. The molecule has 0 unspecified atom stereocenters. The first-order valence-electron chi connectivity index (χ1n) is 5.10. The van der Waals surface area contributed by atoms with E-state index < -0.39 is 29.4 Å². The maximum Gasteiger partial charge on any atom is 0.417 e. The number of aryl methyl sites for hydroxylation is 1. The van der Waals surface area contributed by atoms with E-state index in [2.05, 4.69) is 0 Å². The fourth-order valence-electron chi connectivity index (χ4n) is 1.35. The molecule has 1 aromatic rings. The van der Waals surface area contributed by atoms with Gasteiger partial charge in [0.05, 0.1) is 17.2 Å². The Balaban J connectivity index is 3.20. The number of benzene rings is 1. The van der Waals surface area contributed by atoms with Crippen LogP contribution < -0.4 is 0 Å². The van der Waals surface area contributed by atoms with Gasteiger partial charge in [-0.25, -0.2) is 4.79 Å². The third kappa shape index (κ3) is 3.47. The van der Waals surface area contributed by atoms with Gasteiger partial charge in [0.2, 0.25) is 0 Å². The van der Waals surface area contributed by atoms with E-state index in [1.807, 2.05) is 0 Å². The zero-order valence-electron chi connectivity index (χ0n) is 9.76. The van der Waals surface area contributed by atoms with E-state index in [0.717, 1.165) is 12.1 Å².